The van der Waals surface area contributed by atoms with Gasteiger partial charge in [0.15, 0.2) is 13.7 Å². The van der Waals surface area contributed by atoms with Crippen molar-refractivity contribution in [1.29, 1.82) is 0 Å². The fraction of sp³-hybridized carbons (Fsp3) is 0.381. The smallest absolute Gasteiger partial charge is 0.282 e. The molecule has 0 aliphatic rings. The van der Waals surface area contributed by atoms with E-state index in [1.807, 2.05) is 30.3 Å². The number of benzene rings is 1. The topological polar surface area (TPSA) is 76.7 Å². The van der Waals surface area contributed by atoms with Gasteiger partial charge in [0.2, 0.25) is 0 Å². The predicted octanol–water partition coefficient (Wildman–Crippen LogP) is 3.86. The van der Waals surface area contributed by atoms with Crippen LogP contribution in [-0.4, -0.2) is 29.7 Å². The second kappa shape index (κ2) is 7.48. The van der Waals surface area contributed by atoms with Gasteiger partial charge in [-0.2, -0.15) is 0 Å². The van der Waals surface area contributed by atoms with Crippen LogP contribution in [0.5, 0.6) is 0 Å². The zero-order chi connectivity index (χ0) is 20.5. The molecule has 1 aromatic carbocycles. The van der Waals surface area contributed by atoms with Gasteiger partial charge in [-0.05, 0) is 35.7 Å². The normalized spacial score (nSPS) is 13.4. The minimum Gasteiger partial charge on any atom is -0.415 e. The Bertz CT molecular complexity index is 1150. The highest BCUT2D eigenvalue weighted by molar-refractivity contribution is 6.74. The maximum atomic E-state index is 13.2. The summed E-state index contributed by atoms with van der Waals surface area (Å²) in [4.78, 5) is 17.7. The molecule has 0 saturated heterocycles. The van der Waals surface area contributed by atoms with Crippen molar-refractivity contribution in [2.75, 3.05) is 6.61 Å². The number of nitrogens with zero attached hydrogens (tertiary/aromatic N) is 3. The average molecular weight is 398 g/mol. The quantitative estimate of drug-likeness (QED) is 0.412. The van der Waals surface area contributed by atoms with Crippen molar-refractivity contribution >= 4 is 30.1 Å². The van der Waals surface area contributed by atoms with Gasteiger partial charge in [-0.25, -0.2) is 4.98 Å². The lowest BCUT2D eigenvalue weighted by Gasteiger charge is -2.36. The van der Waals surface area contributed by atoms with Crippen molar-refractivity contribution in [2.45, 2.75) is 45.4 Å². The van der Waals surface area contributed by atoms with Gasteiger partial charge in [-0.3, -0.25) is 9.36 Å². The highest BCUT2D eigenvalue weighted by Crippen LogP contribution is 2.36. The molecule has 0 unspecified atom stereocenters. The summed E-state index contributed by atoms with van der Waals surface area (Å²) in [7, 11) is -1.94. The molecule has 0 aliphatic heterocycles. The van der Waals surface area contributed by atoms with E-state index in [1.165, 1.54) is 0 Å². The first-order valence-electron chi connectivity index (χ1n) is 9.40. The van der Waals surface area contributed by atoms with E-state index >= 15 is 0 Å². The molecule has 6 nitrogen and oxygen atoms in total. The summed E-state index contributed by atoms with van der Waals surface area (Å²) in [6.45, 7) is 11.6. The highest BCUT2D eigenvalue weighted by atomic mass is 28.4. The van der Waals surface area contributed by atoms with Gasteiger partial charge >= 0.3 is 0 Å². The molecule has 0 amide bonds. The third kappa shape index (κ3) is 3.59. The summed E-state index contributed by atoms with van der Waals surface area (Å²) >= 11 is 0. The summed E-state index contributed by atoms with van der Waals surface area (Å²) in [6.07, 6.45) is 1.66. The molecule has 0 spiro atoms. The molecule has 0 radical (unpaired) electrons. The van der Waals surface area contributed by atoms with Gasteiger partial charge in [0, 0.05) is 23.5 Å². The average Bonchev–Trinajstić information content (AvgIpc) is 2.74. The standard InChI is InChI=1S/C21H27N3O3Si/c1-21(2,3)28(4,5)27-14-13-24-19-17(11-8-12-22-19)15-9-6-7-10-16(15)18(23-26)20(24)25/h6-12,26H,13-14H2,1-5H3/b23-18-. The van der Waals surface area contributed by atoms with Crippen LogP contribution in [0.2, 0.25) is 18.1 Å². The molecular formula is C21H27N3O3Si. The summed E-state index contributed by atoms with van der Waals surface area (Å²) < 4.78 is 7.81. The van der Waals surface area contributed by atoms with E-state index in [4.69, 9.17) is 4.43 Å². The van der Waals surface area contributed by atoms with Gasteiger partial charge < -0.3 is 9.63 Å². The maximum Gasteiger partial charge on any atom is 0.282 e. The van der Waals surface area contributed by atoms with E-state index in [0.717, 1.165) is 10.8 Å². The Kier molecular flexibility index (Phi) is 5.41. The maximum absolute atomic E-state index is 13.2. The van der Waals surface area contributed by atoms with Crippen molar-refractivity contribution in [3.05, 3.63) is 58.3 Å². The van der Waals surface area contributed by atoms with Crippen LogP contribution in [-0.2, 0) is 11.0 Å². The highest BCUT2D eigenvalue weighted by Gasteiger charge is 2.36. The molecule has 2 aromatic heterocycles. The van der Waals surface area contributed by atoms with Crippen LogP contribution >= 0.6 is 0 Å². The molecule has 1 N–H and O–H groups in total. The fourth-order valence-electron chi connectivity index (χ4n) is 3.00. The summed E-state index contributed by atoms with van der Waals surface area (Å²) in [5, 5.41) is 15.3. The monoisotopic (exact) mass is 397 g/mol. The Morgan fingerprint density at radius 3 is 2.39 bits per heavy atom. The molecular weight excluding hydrogens is 370 g/mol. The lowest BCUT2D eigenvalue weighted by Crippen LogP contribution is -2.42. The van der Waals surface area contributed by atoms with Gasteiger partial charge in [0.1, 0.15) is 5.65 Å². The van der Waals surface area contributed by atoms with E-state index in [1.54, 1.807) is 16.8 Å². The van der Waals surface area contributed by atoms with Gasteiger partial charge in [-0.1, -0.05) is 50.2 Å². The molecule has 3 aromatic rings. The lowest BCUT2D eigenvalue weighted by atomic mass is 10.1. The Morgan fingerprint density at radius 1 is 1.11 bits per heavy atom. The summed E-state index contributed by atoms with van der Waals surface area (Å²) in [6, 6.07) is 11.2. The van der Waals surface area contributed by atoms with Gasteiger partial charge in [0.25, 0.3) is 5.56 Å². The van der Waals surface area contributed by atoms with Crippen LogP contribution in [0.25, 0.3) is 21.8 Å². The number of hydrogen-bond donors (Lipinski definition) is 1. The number of fused-ring (bicyclic) bond motifs is 3. The first-order valence-corrected chi connectivity index (χ1v) is 12.3. The van der Waals surface area contributed by atoms with Crippen molar-refractivity contribution in [3.8, 4) is 0 Å². The first-order chi connectivity index (χ1) is 13.2. The van der Waals surface area contributed by atoms with Crippen molar-refractivity contribution in [2.24, 2.45) is 5.16 Å². The van der Waals surface area contributed by atoms with E-state index in [2.05, 4.69) is 44.0 Å². The summed E-state index contributed by atoms with van der Waals surface area (Å²) in [5.74, 6) is 0. The third-order valence-electron chi connectivity index (χ3n) is 5.65. The van der Waals surface area contributed by atoms with E-state index in [-0.39, 0.29) is 16.0 Å². The number of aromatic nitrogens is 2. The Balaban J connectivity index is 2.20. The van der Waals surface area contributed by atoms with Crippen LogP contribution in [0.4, 0.5) is 0 Å². The van der Waals surface area contributed by atoms with Gasteiger partial charge in [-0.15, -0.1) is 0 Å². The Labute approximate surface area is 165 Å². The molecule has 0 fully saturated rings. The van der Waals surface area contributed by atoms with Crippen LogP contribution < -0.4 is 10.9 Å². The minimum absolute atomic E-state index is 0.0147. The van der Waals surface area contributed by atoms with Crippen molar-refractivity contribution in [3.63, 3.8) is 0 Å². The molecule has 2 heterocycles. The SMILES string of the molecule is CC(C)(C)[Si](C)(C)OCCn1c(=O)/c(=N\O)c2ccccc2c2cccnc21. The van der Waals surface area contributed by atoms with Crippen LogP contribution in [0.15, 0.2) is 52.5 Å². The van der Waals surface area contributed by atoms with E-state index < -0.39 is 8.32 Å². The fourth-order valence-corrected chi connectivity index (χ4v) is 4.03. The zero-order valence-corrected chi connectivity index (χ0v) is 18.1. The molecule has 0 saturated carbocycles. The molecule has 0 atom stereocenters. The number of rotatable bonds is 4. The van der Waals surface area contributed by atoms with E-state index in [9.17, 15) is 10.0 Å². The van der Waals surface area contributed by atoms with Gasteiger partial charge in [0.05, 0.1) is 6.61 Å². The Morgan fingerprint density at radius 2 is 1.75 bits per heavy atom. The molecule has 0 aliphatic carbocycles. The zero-order valence-electron chi connectivity index (χ0n) is 17.1. The van der Waals surface area contributed by atoms with Crippen molar-refractivity contribution in [1.82, 2.24) is 9.55 Å². The summed E-state index contributed by atoms with van der Waals surface area (Å²) in [5.41, 5.74) is 0.170. The van der Waals surface area contributed by atoms with Crippen molar-refractivity contribution < 1.29 is 9.63 Å². The number of pyridine rings is 1. The first kappa shape index (κ1) is 20.2. The molecule has 3 rings (SSSR count). The second-order valence-electron chi connectivity index (χ2n) is 8.43. The lowest BCUT2D eigenvalue weighted by molar-refractivity contribution is 0.270. The molecule has 148 valence electrons. The number of hydrogen-bond acceptors (Lipinski definition) is 5. The van der Waals surface area contributed by atoms with Crippen LogP contribution in [0.1, 0.15) is 20.8 Å². The molecule has 28 heavy (non-hydrogen) atoms. The molecule has 0 bridgehead atoms. The third-order valence-corrected chi connectivity index (χ3v) is 10.2. The minimum atomic E-state index is -1.94. The largest absolute Gasteiger partial charge is 0.415 e. The predicted molar refractivity (Wildman–Crippen MR) is 114 cm³/mol. The molecule has 7 heteroatoms. The van der Waals surface area contributed by atoms with Crippen LogP contribution in [0, 0.1) is 0 Å². The Hall–Kier alpha value is -2.51. The van der Waals surface area contributed by atoms with Crippen LogP contribution in [0.3, 0.4) is 0 Å². The second-order valence-corrected chi connectivity index (χ2v) is 13.2. The van der Waals surface area contributed by atoms with E-state index in [0.29, 0.717) is 24.2 Å².